The summed E-state index contributed by atoms with van der Waals surface area (Å²) in [6, 6.07) is 39.2. The zero-order valence-corrected chi connectivity index (χ0v) is 42.3. The summed E-state index contributed by atoms with van der Waals surface area (Å²) in [6.45, 7) is 30.0. The smallest absolute Gasteiger partial charge is 0.0336 e. The first-order valence-electron chi connectivity index (χ1n) is 20.0. The average molecular weight is 1170 g/mol. The summed E-state index contributed by atoms with van der Waals surface area (Å²) in [4.78, 5) is 8.54. The van der Waals surface area contributed by atoms with Crippen molar-refractivity contribution in [2.24, 2.45) is 0 Å². The summed E-state index contributed by atoms with van der Waals surface area (Å²) in [7, 11) is 4.11. The maximum absolute atomic E-state index is 4.25. The van der Waals surface area contributed by atoms with E-state index in [2.05, 4.69) is 238 Å². The van der Waals surface area contributed by atoms with Gasteiger partial charge in [0.15, 0.2) is 0 Å². The van der Waals surface area contributed by atoms with Gasteiger partial charge < -0.3 is 39.2 Å². The number of aromatic nitrogens is 4. The van der Waals surface area contributed by atoms with Gasteiger partial charge in [0.1, 0.15) is 0 Å². The Balaban J connectivity index is 0.000000213. The third-order valence-corrected chi connectivity index (χ3v) is 9.57. The van der Waals surface area contributed by atoms with E-state index in [1.165, 1.54) is 33.9 Å². The molecule has 8 nitrogen and oxygen atoms in total. The van der Waals surface area contributed by atoms with Crippen LogP contribution in [0.1, 0.15) is 94.2 Å². The second-order valence-corrected chi connectivity index (χ2v) is 18.7. The maximum atomic E-state index is 4.25. The van der Waals surface area contributed by atoms with Crippen molar-refractivity contribution in [3.8, 4) is 0 Å². The van der Waals surface area contributed by atoms with Gasteiger partial charge >= 0.3 is 0 Å². The van der Waals surface area contributed by atoms with Crippen LogP contribution in [0.5, 0.6) is 0 Å². The van der Waals surface area contributed by atoms with Gasteiger partial charge in [-0.05, 0) is 90.7 Å². The van der Waals surface area contributed by atoms with E-state index in [4.69, 9.17) is 0 Å². The first-order chi connectivity index (χ1) is 27.1. The molecule has 0 bridgehead atoms. The number of nitrogens with zero attached hydrogens (tertiary/aromatic N) is 8. The predicted molar refractivity (Wildman–Crippen MR) is 243 cm³/mol. The van der Waals surface area contributed by atoms with E-state index >= 15 is 0 Å². The first-order valence-corrected chi connectivity index (χ1v) is 20.0. The van der Waals surface area contributed by atoms with Crippen molar-refractivity contribution in [1.29, 1.82) is 0 Å². The summed E-state index contributed by atoms with van der Waals surface area (Å²) >= 11 is 0. The second kappa shape index (κ2) is 20.6. The Labute approximate surface area is 390 Å². The molecule has 0 amide bonds. The van der Waals surface area contributed by atoms with Crippen molar-refractivity contribution >= 4 is 34.1 Å². The molecule has 60 heavy (non-hydrogen) atoms. The molecule has 0 N–H and O–H groups in total. The van der Waals surface area contributed by atoms with Crippen LogP contribution in [0.2, 0.25) is 0 Å². The molecule has 10 heteroatoms. The van der Waals surface area contributed by atoms with Gasteiger partial charge in [-0.25, -0.2) is 0 Å². The third-order valence-electron chi connectivity index (χ3n) is 9.57. The zero-order chi connectivity index (χ0) is 42.5. The largest absolute Gasteiger partial charge is 0.504 e. The molecule has 0 radical (unpaired) electrons. The van der Waals surface area contributed by atoms with Crippen molar-refractivity contribution < 1.29 is 42.1 Å². The van der Waals surface area contributed by atoms with Gasteiger partial charge in [0.05, 0.1) is 0 Å². The fourth-order valence-electron chi connectivity index (χ4n) is 5.96. The molecule has 0 spiro atoms. The minimum atomic E-state index is 0. The average Bonchev–Trinajstić information content (AvgIpc) is 3.99. The number of benzene rings is 4. The number of hydrogen-bond acceptors (Lipinski definition) is 6. The fourth-order valence-corrected chi connectivity index (χ4v) is 5.96. The molecule has 328 valence electrons. The summed E-state index contributed by atoms with van der Waals surface area (Å²) in [5.74, 6) is 0. The molecule has 0 unspecified atom stereocenters. The first kappa shape index (κ1) is 50.2. The van der Waals surface area contributed by atoms with Gasteiger partial charge in [-0.1, -0.05) is 65.8 Å². The number of rotatable bonds is 2. The number of anilines is 6. The van der Waals surface area contributed by atoms with E-state index in [0.29, 0.717) is 0 Å². The Morgan fingerprint density at radius 2 is 0.767 bits per heavy atom. The molecule has 2 aliphatic heterocycles. The number of hydrogen-bond donors (Lipinski definition) is 0. The van der Waals surface area contributed by atoms with Crippen LogP contribution in [0.15, 0.2) is 109 Å². The number of fused-ring (bicyclic) bond motifs is 2. The van der Waals surface area contributed by atoms with Gasteiger partial charge in [0, 0.05) is 76.0 Å². The molecule has 0 saturated heterocycles. The summed E-state index contributed by atoms with van der Waals surface area (Å²) < 4.78 is 3.93. The molecule has 0 aliphatic carbocycles. The molecule has 4 heterocycles. The number of para-hydroxylation sites is 6. The summed E-state index contributed by atoms with van der Waals surface area (Å²) in [6.07, 6.45) is 10.3. The van der Waals surface area contributed by atoms with Gasteiger partial charge in [-0.2, -0.15) is 85.1 Å². The Morgan fingerprint density at radius 1 is 0.450 bits per heavy atom. The van der Waals surface area contributed by atoms with Crippen LogP contribution in [0.4, 0.5) is 34.1 Å². The van der Waals surface area contributed by atoms with Gasteiger partial charge in [0.2, 0.25) is 0 Å². The van der Waals surface area contributed by atoms with Gasteiger partial charge in [0.25, 0.3) is 0 Å². The van der Waals surface area contributed by atoms with Gasteiger partial charge in [-0.15, -0.1) is 36.2 Å². The monoisotopic (exact) mass is 1160 g/mol. The van der Waals surface area contributed by atoms with Crippen LogP contribution in [0.25, 0.3) is 0 Å². The minimum Gasteiger partial charge on any atom is -0.504 e. The Bertz CT molecular complexity index is 1970. The molecular formula is C50H62N8Pt2-6. The van der Waals surface area contributed by atoms with Crippen molar-refractivity contribution in [3.05, 3.63) is 158 Å². The van der Waals surface area contributed by atoms with E-state index in [1.54, 1.807) is 0 Å². The normalized spacial score (nSPS) is 13.3. The van der Waals surface area contributed by atoms with Crippen LogP contribution in [-0.2, 0) is 64.0 Å². The summed E-state index contributed by atoms with van der Waals surface area (Å²) in [5, 5.41) is 8.49. The molecule has 2 aliphatic rings. The van der Waals surface area contributed by atoms with E-state index in [1.807, 2.05) is 45.8 Å². The Morgan fingerprint density at radius 3 is 1.02 bits per heavy atom. The minimum absolute atomic E-state index is 0. The van der Waals surface area contributed by atoms with E-state index in [9.17, 15) is 0 Å². The molecule has 0 fully saturated rings. The zero-order valence-electron chi connectivity index (χ0n) is 37.8. The molecule has 2 aromatic heterocycles. The van der Waals surface area contributed by atoms with Crippen molar-refractivity contribution in [2.45, 2.75) is 105 Å². The van der Waals surface area contributed by atoms with E-state index < -0.39 is 0 Å². The SMILES string of the molecule is CC(C)(C)c1[c-]nn(C(C)(C)C)c1.CC(C)(C)c1[c-]nn(C(C)(C)C)c1.CN1[CH-]N(c2[c-]cccc2)c2ccccc21.CN1[CH-]N(c2[c-]cccc2)c2ccccc21.[Pt].[Pt]. The van der Waals surface area contributed by atoms with Crippen LogP contribution in [0, 0.1) is 37.9 Å². The Hall–Kier alpha value is -4.12. The fraction of sp³-hybridized carbons (Fsp3) is 0.360. The molecule has 6 aromatic rings. The van der Waals surface area contributed by atoms with Crippen LogP contribution in [0.3, 0.4) is 0 Å². The standard InChI is InChI=1S/2C14H12N2.2C11H19N2.2Pt/c2*1-15-11-16(12-7-3-2-4-8-12)14-10-6-5-9-13(14)15;2*1-10(2,3)9-7-12-13(8-9)11(4,5)6;;/h2*2-7,9-11H,1H3;2*8H,1-6H3;;/q2*-2;2*-1;;. The quantitative estimate of drug-likeness (QED) is 0.161. The van der Waals surface area contributed by atoms with Crippen LogP contribution < -0.4 is 19.6 Å². The summed E-state index contributed by atoms with van der Waals surface area (Å²) in [5.41, 5.74) is 9.72. The van der Waals surface area contributed by atoms with Crippen LogP contribution in [-0.4, -0.2) is 33.7 Å². The predicted octanol–water partition coefficient (Wildman–Crippen LogP) is 11.9. The third kappa shape index (κ3) is 12.9. The van der Waals surface area contributed by atoms with Crippen molar-refractivity contribution in [1.82, 2.24) is 19.6 Å². The van der Waals surface area contributed by atoms with Crippen molar-refractivity contribution in [2.75, 3.05) is 33.7 Å². The Kier molecular flexibility index (Phi) is 17.3. The maximum Gasteiger partial charge on any atom is 0.0336 e. The topological polar surface area (TPSA) is 48.6 Å². The molecule has 8 rings (SSSR count). The van der Waals surface area contributed by atoms with Crippen LogP contribution >= 0.6 is 0 Å². The van der Waals surface area contributed by atoms with Crippen molar-refractivity contribution in [3.63, 3.8) is 0 Å². The van der Waals surface area contributed by atoms with E-state index in [0.717, 1.165) is 11.4 Å². The van der Waals surface area contributed by atoms with Gasteiger partial charge in [-0.3, -0.25) is 0 Å². The second-order valence-electron chi connectivity index (χ2n) is 18.7. The molecule has 0 atom stereocenters. The van der Waals surface area contributed by atoms with E-state index in [-0.39, 0.29) is 64.0 Å². The molecule has 4 aromatic carbocycles. The molecule has 0 saturated carbocycles. The molecular weight excluding hydrogens is 1100 g/mol.